The Morgan fingerprint density at radius 2 is 2.24 bits per heavy atom. The largest absolute Gasteiger partial charge is 0.375 e. The van der Waals surface area contributed by atoms with Crippen LogP contribution in [0.15, 0.2) is 22.7 Å². The SMILES string of the molecule is CC1(C)CC(NC(=O)c2ccc(Br)c([N+](=O)[O-])c2)CCO1. The van der Waals surface area contributed by atoms with Gasteiger partial charge in [0.05, 0.1) is 15.0 Å². The fourth-order valence-electron chi connectivity index (χ4n) is 2.42. The van der Waals surface area contributed by atoms with Gasteiger partial charge in [-0.1, -0.05) is 0 Å². The first kappa shape index (κ1) is 15.9. The Kier molecular flexibility index (Phi) is 4.63. The van der Waals surface area contributed by atoms with Gasteiger partial charge in [0, 0.05) is 24.3 Å². The summed E-state index contributed by atoms with van der Waals surface area (Å²) in [4.78, 5) is 22.6. The molecule has 114 valence electrons. The van der Waals surface area contributed by atoms with Gasteiger partial charge >= 0.3 is 0 Å². The third-order valence-corrected chi connectivity index (χ3v) is 4.11. The van der Waals surface area contributed by atoms with Gasteiger partial charge in [-0.2, -0.15) is 0 Å². The maximum atomic E-state index is 12.2. The van der Waals surface area contributed by atoms with Crippen molar-refractivity contribution in [3.05, 3.63) is 38.3 Å². The van der Waals surface area contributed by atoms with E-state index in [2.05, 4.69) is 21.2 Å². The van der Waals surface area contributed by atoms with Crippen LogP contribution in [0.3, 0.4) is 0 Å². The summed E-state index contributed by atoms with van der Waals surface area (Å²) in [6.07, 6.45) is 1.46. The molecular weight excluding hydrogens is 340 g/mol. The molecular formula is C14H17BrN2O4. The smallest absolute Gasteiger partial charge is 0.284 e. The molecule has 1 aromatic carbocycles. The van der Waals surface area contributed by atoms with Gasteiger partial charge in [0.2, 0.25) is 0 Å². The highest BCUT2D eigenvalue weighted by atomic mass is 79.9. The minimum atomic E-state index is -0.515. The number of hydrogen-bond acceptors (Lipinski definition) is 4. The lowest BCUT2D eigenvalue weighted by Crippen LogP contribution is -2.45. The van der Waals surface area contributed by atoms with Crippen molar-refractivity contribution in [1.82, 2.24) is 5.32 Å². The van der Waals surface area contributed by atoms with Crippen LogP contribution in [-0.4, -0.2) is 29.1 Å². The minimum absolute atomic E-state index is 0.0175. The van der Waals surface area contributed by atoms with Crippen molar-refractivity contribution in [3.63, 3.8) is 0 Å². The molecule has 1 fully saturated rings. The molecule has 1 aliphatic rings. The van der Waals surface area contributed by atoms with Crippen molar-refractivity contribution in [1.29, 1.82) is 0 Å². The lowest BCUT2D eigenvalue weighted by molar-refractivity contribution is -0.385. The van der Waals surface area contributed by atoms with Crippen LogP contribution in [0.4, 0.5) is 5.69 Å². The molecule has 6 nitrogen and oxygen atoms in total. The molecule has 0 spiro atoms. The fraction of sp³-hybridized carbons (Fsp3) is 0.500. The molecule has 0 aliphatic carbocycles. The van der Waals surface area contributed by atoms with Crippen LogP contribution < -0.4 is 5.32 Å². The fourth-order valence-corrected chi connectivity index (χ4v) is 2.81. The number of halogens is 1. The number of hydrogen-bond donors (Lipinski definition) is 1. The number of nitro benzene ring substituents is 1. The maximum absolute atomic E-state index is 12.2. The molecule has 21 heavy (non-hydrogen) atoms. The molecule has 1 atom stereocenters. The van der Waals surface area contributed by atoms with Crippen molar-refractivity contribution in [2.24, 2.45) is 0 Å². The lowest BCUT2D eigenvalue weighted by Gasteiger charge is -2.35. The zero-order valence-corrected chi connectivity index (χ0v) is 13.5. The van der Waals surface area contributed by atoms with Crippen LogP contribution in [0.25, 0.3) is 0 Å². The van der Waals surface area contributed by atoms with E-state index in [1.807, 2.05) is 13.8 Å². The van der Waals surface area contributed by atoms with Crippen LogP contribution in [0.1, 0.15) is 37.0 Å². The molecule has 1 aliphatic heterocycles. The second-order valence-electron chi connectivity index (χ2n) is 5.69. The topological polar surface area (TPSA) is 81.5 Å². The first-order valence-corrected chi connectivity index (χ1v) is 7.46. The summed E-state index contributed by atoms with van der Waals surface area (Å²) in [5, 5.41) is 13.8. The molecule has 1 N–H and O–H groups in total. The molecule has 1 saturated heterocycles. The average Bonchev–Trinajstić information content (AvgIpc) is 2.37. The molecule has 7 heteroatoms. The van der Waals surface area contributed by atoms with Crippen LogP contribution in [-0.2, 0) is 4.74 Å². The second-order valence-corrected chi connectivity index (χ2v) is 6.55. The van der Waals surface area contributed by atoms with Crippen molar-refractivity contribution < 1.29 is 14.5 Å². The number of rotatable bonds is 3. The van der Waals surface area contributed by atoms with E-state index in [0.717, 1.165) is 12.8 Å². The van der Waals surface area contributed by atoms with Gasteiger partial charge in [-0.05, 0) is 54.8 Å². The summed E-state index contributed by atoms with van der Waals surface area (Å²) in [5.41, 5.74) is -0.0915. The summed E-state index contributed by atoms with van der Waals surface area (Å²) in [5.74, 6) is -0.298. The van der Waals surface area contributed by atoms with Gasteiger partial charge in [-0.3, -0.25) is 14.9 Å². The van der Waals surface area contributed by atoms with E-state index >= 15 is 0 Å². The Bertz CT molecular complexity index is 574. The molecule has 1 heterocycles. The summed E-state index contributed by atoms with van der Waals surface area (Å²) < 4.78 is 5.96. The number of ether oxygens (including phenoxy) is 1. The Hall–Kier alpha value is -1.47. The third kappa shape index (κ3) is 4.01. The molecule has 1 unspecified atom stereocenters. The van der Waals surface area contributed by atoms with Crippen LogP contribution in [0, 0.1) is 10.1 Å². The number of carbonyl (C=O) groups excluding carboxylic acids is 1. The van der Waals surface area contributed by atoms with Crippen LogP contribution in [0.5, 0.6) is 0 Å². The van der Waals surface area contributed by atoms with Crippen molar-refractivity contribution in [2.45, 2.75) is 38.3 Å². The summed E-state index contributed by atoms with van der Waals surface area (Å²) in [7, 11) is 0. The zero-order valence-electron chi connectivity index (χ0n) is 11.9. The Labute approximate surface area is 131 Å². The summed E-state index contributed by atoms with van der Waals surface area (Å²) in [6.45, 7) is 4.56. The molecule has 0 radical (unpaired) electrons. The Morgan fingerprint density at radius 1 is 1.52 bits per heavy atom. The predicted molar refractivity (Wildman–Crippen MR) is 81.3 cm³/mol. The molecule has 0 saturated carbocycles. The molecule has 1 aromatic rings. The highest BCUT2D eigenvalue weighted by Crippen LogP contribution is 2.27. The van der Waals surface area contributed by atoms with Crippen LogP contribution >= 0.6 is 15.9 Å². The number of benzene rings is 1. The van der Waals surface area contributed by atoms with Crippen molar-refractivity contribution >= 4 is 27.5 Å². The van der Waals surface area contributed by atoms with Gasteiger partial charge in [0.15, 0.2) is 0 Å². The van der Waals surface area contributed by atoms with E-state index in [-0.39, 0.29) is 28.8 Å². The van der Waals surface area contributed by atoms with Gasteiger partial charge in [-0.25, -0.2) is 0 Å². The van der Waals surface area contributed by atoms with Gasteiger partial charge < -0.3 is 10.1 Å². The van der Waals surface area contributed by atoms with E-state index in [1.54, 1.807) is 6.07 Å². The highest BCUT2D eigenvalue weighted by molar-refractivity contribution is 9.10. The number of nitrogens with one attached hydrogen (secondary N) is 1. The molecule has 2 rings (SSSR count). The Morgan fingerprint density at radius 3 is 2.86 bits per heavy atom. The van der Waals surface area contributed by atoms with Crippen LogP contribution in [0.2, 0.25) is 0 Å². The second kappa shape index (κ2) is 6.11. The number of nitro groups is 1. The lowest BCUT2D eigenvalue weighted by atomic mass is 9.94. The molecule has 0 bridgehead atoms. The third-order valence-electron chi connectivity index (χ3n) is 3.44. The van der Waals surface area contributed by atoms with E-state index in [9.17, 15) is 14.9 Å². The average molecular weight is 357 g/mol. The summed E-state index contributed by atoms with van der Waals surface area (Å²) >= 11 is 3.10. The standard InChI is InChI=1S/C14H17BrN2O4/c1-14(2)8-10(5-6-21-14)16-13(18)9-3-4-11(15)12(7-9)17(19)20/h3-4,7,10H,5-6,8H2,1-2H3,(H,16,18). The number of carbonyl (C=O) groups is 1. The first-order valence-electron chi connectivity index (χ1n) is 6.67. The zero-order chi connectivity index (χ0) is 15.6. The first-order chi connectivity index (χ1) is 9.78. The predicted octanol–water partition coefficient (Wildman–Crippen LogP) is 3.04. The van der Waals surface area contributed by atoms with E-state index in [1.165, 1.54) is 12.1 Å². The highest BCUT2D eigenvalue weighted by Gasteiger charge is 2.30. The van der Waals surface area contributed by atoms with E-state index < -0.39 is 4.92 Å². The molecule has 0 aromatic heterocycles. The van der Waals surface area contributed by atoms with Gasteiger partial charge in [0.25, 0.3) is 11.6 Å². The number of nitrogens with zero attached hydrogens (tertiary/aromatic N) is 1. The van der Waals surface area contributed by atoms with Gasteiger partial charge in [-0.15, -0.1) is 0 Å². The normalized spacial score (nSPS) is 20.8. The van der Waals surface area contributed by atoms with E-state index in [0.29, 0.717) is 11.1 Å². The summed E-state index contributed by atoms with van der Waals surface area (Å²) in [6, 6.07) is 4.38. The minimum Gasteiger partial charge on any atom is -0.375 e. The van der Waals surface area contributed by atoms with Gasteiger partial charge in [0.1, 0.15) is 0 Å². The maximum Gasteiger partial charge on any atom is 0.284 e. The van der Waals surface area contributed by atoms with Crippen molar-refractivity contribution in [2.75, 3.05) is 6.61 Å². The number of amides is 1. The molecule has 1 amide bonds. The monoisotopic (exact) mass is 356 g/mol. The van der Waals surface area contributed by atoms with Crippen molar-refractivity contribution in [3.8, 4) is 0 Å². The quantitative estimate of drug-likeness (QED) is 0.666. The Balaban J connectivity index is 2.10. The van der Waals surface area contributed by atoms with E-state index in [4.69, 9.17) is 4.74 Å².